The summed E-state index contributed by atoms with van der Waals surface area (Å²) in [7, 11) is 0. The Kier molecular flexibility index (Phi) is 4.17. The van der Waals surface area contributed by atoms with Gasteiger partial charge in [-0.15, -0.1) is 0 Å². The zero-order chi connectivity index (χ0) is 16.6. The fourth-order valence-corrected chi connectivity index (χ4v) is 3.68. The number of pyridine rings is 1. The molecule has 0 radical (unpaired) electrons. The summed E-state index contributed by atoms with van der Waals surface area (Å²) in [5.74, 6) is 1.10. The molecule has 124 valence electrons. The quantitative estimate of drug-likeness (QED) is 0.859. The first kappa shape index (κ1) is 16.0. The third kappa shape index (κ3) is 3.26. The van der Waals surface area contributed by atoms with E-state index < -0.39 is 0 Å². The van der Waals surface area contributed by atoms with Crippen LogP contribution in [0, 0.1) is 17.3 Å². The third-order valence-electron chi connectivity index (χ3n) is 5.18. The number of amides is 1. The van der Waals surface area contributed by atoms with Crippen LogP contribution in [0.1, 0.15) is 40.5 Å². The number of anilines is 2. The molecule has 0 bridgehead atoms. The normalized spacial score (nSPS) is 25.1. The smallest absolute Gasteiger partial charge is 0.229 e. The van der Waals surface area contributed by atoms with E-state index in [1.807, 2.05) is 12.3 Å². The Labute approximate surface area is 139 Å². The van der Waals surface area contributed by atoms with Crippen molar-refractivity contribution in [1.82, 2.24) is 4.98 Å². The van der Waals surface area contributed by atoms with E-state index in [4.69, 9.17) is 0 Å². The Balaban J connectivity index is 1.63. The van der Waals surface area contributed by atoms with E-state index in [1.54, 1.807) is 0 Å². The molecule has 1 aliphatic carbocycles. The molecule has 1 amide bonds. The SMILES string of the molecule is CC(C)=C[C@@H]1[C@H](C(=O)Nc2ccc(N3CCCC3)cn2)C1(C)C. The molecular formula is C19H27N3O. The average Bonchev–Trinajstić information content (AvgIpc) is 2.88. The second kappa shape index (κ2) is 5.99. The fraction of sp³-hybridized carbons (Fsp3) is 0.579. The standard InChI is InChI=1S/C19H27N3O/c1-13(2)11-15-17(19(15,3)4)18(23)21-16-8-7-14(12-20-16)22-9-5-6-10-22/h7-8,11-12,15,17H,5-6,9-10H2,1-4H3,(H,20,21,23)/t15-,17-/m1/s1. The van der Waals surface area contributed by atoms with Crippen LogP contribution < -0.4 is 10.2 Å². The van der Waals surface area contributed by atoms with Crippen LogP contribution in [0.2, 0.25) is 0 Å². The monoisotopic (exact) mass is 313 g/mol. The van der Waals surface area contributed by atoms with Crippen molar-refractivity contribution in [2.24, 2.45) is 17.3 Å². The zero-order valence-electron chi connectivity index (χ0n) is 14.6. The Morgan fingerprint density at radius 2 is 2.00 bits per heavy atom. The van der Waals surface area contributed by atoms with Gasteiger partial charge in [-0.2, -0.15) is 0 Å². The minimum absolute atomic E-state index is 0.0385. The van der Waals surface area contributed by atoms with Gasteiger partial charge >= 0.3 is 0 Å². The highest BCUT2D eigenvalue weighted by Gasteiger charge is 2.60. The maximum atomic E-state index is 12.5. The molecule has 1 aromatic heterocycles. The number of nitrogens with zero attached hydrogens (tertiary/aromatic N) is 2. The lowest BCUT2D eigenvalue weighted by molar-refractivity contribution is -0.118. The van der Waals surface area contributed by atoms with Crippen molar-refractivity contribution in [1.29, 1.82) is 0 Å². The molecule has 1 saturated carbocycles. The van der Waals surface area contributed by atoms with Crippen LogP contribution in [0.5, 0.6) is 0 Å². The Morgan fingerprint density at radius 3 is 2.57 bits per heavy atom. The predicted octanol–water partition coefficient (Wildman–Crippen LogP) is 3.86. The van der Waals surface area contributed by atoms with Gasteiger partial charge in [0.05, 0.1) is 17.8 Å². The maximum Gasteiger partial charge on any atom is 0.229 e. The lowest BCUT2D eigenvalue weighted by Gasteiger charge is -2.17. The first-order valence-corrected chi connectivity index (χ1v) is 8.56. The van der Waals surface area contributed by atoms with Gasteiger partial charge in [-0.1, -0.05) is 25.5 Å². The molecule has 4 nitrogen and oxygen atoms in total. The Morgan fingerprint density at radius 1 is 1.30 bits per heavy atom. The van der Waals surface area contributed by atoms with Gasteiger partial charge in [0.1, 0.15) is 5.82 Å². The number of carbonyl (C=O) groups excluding carboxylic acids is 1. The number of hydrogen-bond acceptors (Lipinski definition) is 3. The van der Waals surface area contributed by atoms with E-state index in [1.165, 1.54) is 18.4 Å². The van der Waals surface area contributed by atoms with Gasteiger partial charge in [-0.25, -0.2) is 4.98 Å². The summed E-state index contributed by atoms with van der Waals surface area (Å²) in [4.78, 5) is 19.3. The van der Waals surface area contributed by atoms with Gasteiger partial charge in [0.2, 0.25) is 5.91 Å². The molecule has 2 heterocycles. The van der Waals surface area contributed by atoms with Crippen LogP contribution in [0.15, 0.2) is 30.0 Å². The number of carbonyl (C=O) groups is 1. The highest BCUT2D eigenvalue weighted by Crippen LogP contribution is 2.59. The third-order valence-corrected chi connectivity index (χ3v) is 5.18. The van der Waals surface area contributed by atoms with E-state index in [0.29, 0.717) is 11.7 Å². The predicted molar refractivity (Wildman–Crippen MR) is 94.5 cm³/mol. The molecule has 1 N–H and O–H groups in total. The van der Waals surface area contributed by atoms with Crippen LogP contribution in [0.25, 0.3) is 0 Å². The minimum Gasteiger partial charge on any atom is -0.370 e. The molecule has 0 spiro atoms. The van der Waals surface area contributed by atoms with E-state index in [0.717, 1.165) is 18.8 Å². The van der Waals surface area contributed by atoms with E-state index in [-0.39, 0.29) is 17.2 Å². The second-order valence-electron chi connectivity index (χ2n) is 7.65. The molecule has 0 unspecified atom stereocenters. The molecule has 2 fully saturated rings. The molecule has 3 rings (SSSR count). The molecule has 23 heavy (non-hydrogen) atoms. The highest BCUT2D eigenvalue weighted by molar-refractivity contribution is 5.95. The average molecular weight is 313 g/mol. The van der Waals surface area contributed by atoms with Crippen molar-refractivity contribution in [3.05, 3.63) is 30.0 Å². The summed E-state index contributed by atoms with van der Waals surface area (Å²) >= 11 is 0. The second-order valence-corrected chi connectivity index (χ2v) is 7.65. The number of allylic oxidation sites excluding steroid dienone is 2. The highest BCUT2D eigenvalue weighted by atomic mass is 16.2. The molecule has 1 aromatic rings. The summed E-state index contributed by atoms with van der Waals surface area (Å²) in [6, 6.07) is 3.97. The van der Waals surface area contributed by atoms with Crippen LogP contribution in [-0.4, -0.2) is 24.0 Å². The van der Waals surface area contributed by atoms with Gasteiger partial charge in [0.15, 0.2) is 0 Å². The summed E-state index contributed by atoms with van der Waals surface area (Å²) < 4.78 is 0. The molecule has 2 atom stereocenters. The first-order chi connectivity index (χ1) is 10.9. The van der Waals surface area contributed by atoms with Crippen molar-refractivity contribution in [3.8, 4) is 0 Å². The number of aromatic nitrogens is 1. The fourth-order valence-electron chi connectivity index (χ4n) is 3.68. The lowest BCUT2D eigenvalue weighted by Crippen LogP contribution is -2.19. The van der Waals surface area contributed by atoms with Crippen LogP contribution in [0.4, 0.5) is 11.5 Å². The summed E-state index contributed by atoms with van der Waals surface area (Å²) in [5, 5.41) is 2.98. The maximum absolute atomic E-state index is 12.5. The van der Waals surface area contributed by atoms with Gasteiger partial charge in [0, 0.05) is 13.1 Å². The summed E-state index contributed by atoms with van der Waals surface area (Å²) in [6.45, 7) is 10.7. The molecule has 2 aliphatic rings. The van der Waals surface area contributed by atoms with Gasteiger partial charge in [-0.05, 0) is 50.2 Å². The molecular weight excluding hydrogens is 286 g/mol. The van der Waals surface area contributed by atoms with Crippen molar-refractivity contribution in [3.63, 3.8) is 0 Å². The van der Waals surface area contributed by atoms with Crippen LogP contribution in [-0.2, 0) is 4.79 Å². The van der Waals surface area contributed by atoms with Crippen molar-refractivity contribution in [2.45, 2.75) is 40.5 Å². The summed E-state index contributed by atoms with van der Waals surface area (Å²) in [5.41, 5.74) is 2.46. The van der Waals surface area contributed by atoms with Gasteiger partial charge < -0.3 is 10.2 Å². The molecule has 1 aliphatic heterocycles. The lowest BCUT2D eigenvalue weighted by atomic mass is 10.1. The Bertz CT molecular complexity index is 608. The van der Waals surface area contributed by atoms with Crippen LogP contribution >= 0.6 is 0 Å². The Hall–Kier alpha value is -1.84. The van der Waals surface area contributed by atoms with Gasteiger partial charge in [-0.3, -0.25) is 4.79 Å². The van der Waals surface area contributed by atoms with Crippen molar-refractivity contribution < 1.29 is 4.79 Å². The zero-order valence-corrected chi connectivity index (χ0v) is 14.6. The van der Waals surface area contributed by atoms with Gasteiger partial charge in [0.25, 0.3) is 0 Å². The van der Waals surface area contributed by atoms with Crippen molar-refractivity contribution >= 4 is 17.4 Å². The molecule has 4 heteroatoms. The van der Waals surface area contributed by atoms with E-state index in [2.05, 4.69) is 55.0 Å². The number of nitrogens with one attached hydrogen (secondary N) is 1. The first-order valence-electron chi connectivity index (χ1n) is 8.56. The topological polar surface area (TPSA) is 45.2 Å². The van der Waals surface area contributed by atoms with Crippen molar-refractivity contribution in [2.75, 3.05) is 23.3 Å². The summed E-state index contributed by atoms with van der Waals surface area (Å²) in [6.07, 6.45) is 6.59. The minimum atomic E-state index is 0.0385. The van der Waals surface area contributed by atoms with Crippen LogP contribution in [0.3, 0.4) is 0 Å². The van der Waals surface area contributed by atoms with E-state index in [9.17, 15) is 4.79 Å². The molecule has 1 saturated heterocycles. The number of hydrogen-bond donors (Lipinski definition) is 1. The molecule has 0 aromatic carbocycles. The number of rotatable bonds is 4. The van der Waals surface area contributed by atoms with E-state index >= 15 is 0 Å². The largest absolute Gasteiger partial charge is 0.370 e.